The summed E-state index contributed by atoms with van der Waals surface area (Å²) >= 11 is 5.75. The van der Waals surface area contributed by atoms with Crippen molar-refractivity contribution in [3.63, 3.8) is 0 Å². The van der Waals surface area contributed by atoms with Crippen LogP contribution in [0.4, 0.5) is 32.0 Å². The van der Waals surface area contributed by atoms with Crippen LogP contribution in [0.15, 0.2) is 24.4 Å². The van der Waals surface area contributed by atoms with Crippen LogP contribution in [0.1, 0.15) is 17.1 Å². The van der Waals surface area contributed by atoms with Gasteiger partial charge in [0.25, 0.3) is 0 Å². The summed E-state index contributed by atoms with van der Waals surface area (Å²) < 4.78 is 78.3. The topological polar surface area (TPSA) is 44.5 Å². The van der Waals surface area contributed by atoms with Crippen molar-refractivity contribution in [1.82, 2.24) is 14.6 Å². The van der Waals surface area contributed by atoms with E-state index < -0.39 is 28.6 Å². The van der Waals surface area contributed by atoms with E-state index in [1.165, 1.54) is 10.6 Å². The van der Waals surface area contributed by atoms with Gasteiger partial charge in [-0.1, -0.05) is 17.7 Å². The van der Waals surface area contributed by atoms with E-state index in [2.05, 4.69) is 4.98 Å². The van der Waals surface area contributed by atoms with Crippen molar-refractivity contribution < 1.29 is 31.5 Å². The third-order valence-electron chi connectivity index (χ3n) is 3.84. The summed E-state index contributed by atoms with van der Waals surface area (Å²) in [6.45, 7) is -0.130. The normalized spacial score (nSPS) is 15.8. The molecular weight excluding hydrogens is 390 g/mol. The van der Waals surface area contributed by atoms with Crippen LogP contribution in [0.5, 0.6) is 0 Å². The Bertz CT molecular complexity index is 819. The van der Waals surface area contributed by atoms with E-state index in [0.717, 1.165) is 23.3 Å². The highest BCUT2D eigenvalue weighted by Crippen LogP contribution is 2.39. The molecule has 12 heteroatoms. The van der Waals surface area contributed by atoms with Gasteiger partial charge in [-0.05, 0) is 12.1 Å². The lowest BCUT2D eigenvalue weighted by Gasteiger charge is -2.34. The van der Waals surface area contributed by atoms with E-state index in [1.54, 1.807) is 0 Å². The first-order valence-corrected chi connectivity index (χ1v) is 7.59. The van der Waals surface area contributed by atoms with Gasteiger partial charge in [0.15, 0.2) is 5.69 Å². The molecule has 2 aromatic rings. The van der Waals surface area contributed by atoms with Crippen molar-refractivity contribution in [1.29, 1.82) is 0 Å². The zero-order chi connectivity index (χ0) is 19.3. The molecule has 1 N–H and O–H groups in total. The minimum atomic E-state index is -4.71. The average molecular weight is 401 g/mol. The quantitative estimate of drug-likeness (QED) is 0.606. The Morgan fingerprint density at radius 1 is 1.08 bits per heavy atom. The highest BCUT2D eigenvalue weighted by molar-refractivity contribution is 6.34. The third kappa shape index (κ3) is 3.46. The van der Waals surface area contributed by atoms with Crippen molar-refractivity contribution in [2.75, 3.05) is 11.7 Å². The third-order valence-corrected chi connectivity index (χ3v) is 4.24. The number of aromatic nitrogens is 2. The van der Waals surface area contributed by atoms with Gasteiger partial charge in [-0.15, -0.1) is 0 Å². The predicted octanol–water partition coefficient (Wildman–Crippen LogP) is 4.20. The number of fused-ring (bicyclic) bond motifs is 1. The lowest BCUT2D eigenvalue weighted by Crippen LogP contribution is -2.45. The largest absolute Gasteiger partial charge is 0.434 e. The second kappa shape index (κ2) is 6.32. The number of benzene rings is 1. The van der Waals surface area contributed by atoms with Gasteiger partial charge >= 0.3 is 12.4 Å². The highest BCUT2D eigenvalue weighted by atomic mass is 35.5. The van der Waals surface area contributed by atoms with Gasteiger partial charge in [0, 0.05) is 19.3 Å². The zero-order valence-electron chi connectivity index (χ0n) is 12.8. The van der Waals surface area contributed by atoms with Gasteiger partial charge in [0.1, 0.15) is 11.5 Å². The lowest BCUT2D eigenvalue weighted by molar-refractivity contribution is -0.141. The molecule has 1 aromatic carbocycles. The van der Waals surface area contributed by atoms with E-state index in [9.17, 15) is 31.5 Å². The number of hydrogen-bond acceptors (Lipinski definition) is 4. The van der Waals surface area contributed by atoms with E-state index in [0.29, 0.717) is 5.17 Å². The highest BCUT2D eigenvalue weighted by Gasteiger charge is 2.37. The van der Waals surface area contributed by atoms with Gasteiger partial charge in [-0.2, -0.15) is 36.5 Å². The van der Waals surface area contributed by atoms with Crippen LogP contribution in [-0.2, 0) is 25.4 Å². The summed E-state index contributed by atoms with van der Waals surface area (Å²) in [5.74, 6) is 0.0192. The number of nitrogens with zero attached hydrogens (tertiary/aromatic N) is 4. The second-order valence-electron chi connectivity index (χ2n) is 5.55. The Morgan fingerprint density at radius 3 is 2.38 bits per heavy atom. The molecule has 3 rings (SSSR count). The van der Waals surface area contributed by atoms with Crippen LogP contribution in [0.2, 0.25) is 5.02 Å². The van der Waals surface area contributed by atoms with Gasteiger partial charge in [0.05, 0.1) is 17.1 Å². The maximum absolute atomic E-state index is 12.9. The summed E-state index contributed by atoms with van der Waals surface area (Å²) in [4.78, 5) is 3.47. The number of imidazole rings is 1. The minimum Gasteiger partial charge on any atom is -0.332 e. The molecule has 0 spiro atoms. The van der Waals surface area contributed by atoms with Crippen LogP contribution >= 0.6 is 11.6 Å². The summed E-state index contributed by atoms with van der Waals surface area (Å²) in [5, 5.41) is 11.1. The molecular formula is C14H11ClF6N4O. The lowest BCUT2D eigenvalue weighted by atomic mass is 10.2. The molecule has 1 aliphatic rings. The fourth-order valence-corrected chi connectivity index (χ4v) is 2.89. The first-order valence-electron chi connectivity index (χ1n) is 7.21. The first kappa shape index (κ1) is 18.8. The summed E-state index contributed by atoms with van der Waals surface area (Å²) in [5.41, 5.74) is -2.54. The van der Waals surface area contributed by atoms with Gasteiger partial charge < -0.3 is 4.57 Å². The number of anilines is 1. The molecule has 0 saturated heterocycles. The molecule has 1 aliphatic heterocycles. The molecule has 5 nitrogen and oxygen atoms in total. The van der Waals surface area contributed by atoms with Crippen molar-refractivity contribution in [3.05, 3.63) is 46.5 Å². The number of rotatable bonds is 2. The number of hydrogen-bond donors (Lipinski definition) is 1. The van der Waals surface area contributed by atoms with Crippen LogP contribution in [0, 0.1) is 0 Å². The number of hydrazine groups is 1. The van der Waals surface area contributed by atoms with Gasteiger partial charge in [-0.3, -0.25) is 5.21 Å². The van der Waals surface area contributed by atoms with Crippen molar-refractivity contribution >= 4 is 17.3 Å². The molecule has 1 aromatic heterocycles. The fraction of sp³-hybridized carbons (Fsp3) is 0.357. The monoisotopic (exact) mass is 400 g/mol. The molecule has 0 bridgehead atoms. The Hall–Kier alpha value is -1.98. The van der Waals surface area contributed by atoms with Gasteiger partial charge in [0.2, 0.25) is 0 Å². The molecule has 0 unspecified atom stereocenters. The van der Waals surface area contributed by atoms with Crippen molar-refractivity contribution in [3.8, 4) is 0 Å². The van der Waals surface area contributed by atoms with Crippen molar-refractivity contribution in [2.45, 2.75) is 25.4 Å². The van der Waals surface area contributed by atoms with Crippen LogP contribution in [0.25, 0.3) is 0 Å². The zero-order valence-corrected chi connectivity index (χ0v) is 13.6. The van der Waals surface area contributed by atoms with Gasteiger partial charge in [-0.25, -0.2) is 4.98 Å². The molecule has 2 heterocycles. The Labute approximate surface area is 147 Å². The molecule has 26 heavy (non-hydrogen) atoms. The molecule has 0 amide bonds. The van der Waals surface area contributed by atoms with Crippen LogP contribution in [-0.4, -0.2) is 26.3 Å². The maximum Gasteiger partial charge on any atom is 0.434 e. The fourth-order valence-electron chi connectivity index (χ4n) is 2.58. The average Bonchev–Trinajstić information content (AvgIpc) is 2.96. The first-order chi connectivity index (χ1) is 12.0. The predicted molar refractivity (Wildman–Crippen MR) is 78.4 cm³/mol. The summed E-state index contributed by atoms with van der Waals surface area (Å²) in [6, 6.07) is 3.00. The Balaban J connectivity index is 1.86. The summed E-state index contributed by atoms with van der Waals surface area (Å²) in [7, 11) is 0. The Morgan fingerprint density at radius 2 is 1.77 bits per heavy atom. The van der Waals surface area contributed by atoms with Crippen LogP contribution < -0.4 is 5.17 Å². The second-order valence-corrected chi connectivity index (χ2v) is 5.93. The maximum atomic E-state index is 12.9. The smallest absolute Gasteiger partial charge is 0.332 e. The van der Waals surface area contributed by atoms with E-state index in [4.69, 9.17) is 11.6 Å². The summed E-state index contributed by atoms with van der Waals surface area (Å²) in [6.07, 6.45) is -8.47. The van der Waals surface area contributed by atoms with E-state index in [1.807, 2.05) is 0 Å². The van der Waals surface area contributed by atoms with Crippen molar-refractivity contribution in [2.24, 2.45) is 0 Å². The molecule has 0 saturated carbocycles. The molecule has 142 valence electrons. The minimum absolute atomic E-state index is 0.0192. The van der Waals surface area contributed by atoms with E-state index >= 15 is 0 Å². The molecule has 0 aliphatic carbocycles. The van der Waals surface area contributed by atoms with Crippen LogP contribution in [0.3, 0.4) is 0 Å². The SMILES string of the molecule is ON(c1cccc(C(F)(F)F)c1Cl)N1CCn2cc(C(F)(F)F)nc2C1. The number of halogens is 7. The molecule has 0 atom stereocenters. The van der Waals surface area contributed by atoms with E-state index in [-0.39, 0.29) is 31.1 Å². The standard InChI is InChI=1S/C14H11ClF6N4O/c15-12-8(13(16,17)18)2-1-3-9(12)25(26)24-5-4-23-6-10(14(19,20)21)22-11(23)7-24/h1-3,6,26H,4-5,7H2. The molecule has 0 radical (unpaired) electrons. The Kier molecular flexibility index (Phi) is 4.57. The number of alkyl halides is 6. The molecule has 0 fully saturated rings.